The molecule has 8 nitrogen and oxygen atoms in total. The third-order valence-electron chi connectivity index (χ3n) is 2.85. The van der Waals surface area contributed by atoms with Crippen LogP contribution in [0.4, 0.5) is 5.69 Å². The number of benzene rings is 1. The van der Waals surface area contributed by atoms with Gasteiger partial charge in [0.15, 0.2) is 4.90 Å². The molecule has 23 heavy (non-hydrogen) atoms. The highest BCUT2D eigenvalue weighted by atomic mass is 35.5. The lowest BCUT2D eigenvalue weighted by molar-refractivity contribution is -0.387. The maximum atomic E-state index is 12.7. The van der Waals surface area contributed by atoms with E-state index in [9.17, 15) is 23.3 Å². The SMILES string of the molecule is CCOC(=O)c1cccn1S(=O)(=O)c1ccc(Cl)cc1[N+](=O)[O-]. The summed E-state index contributed by atoms with van der Waals surface area (Å²) in [6.45, 7) is 1.63. The van der Waals surface area contributed by atoms with E-state index in [1.54, 1.807) is 6.92 Å². The van der Waals surface area contributed by atoms with Crippen molar-refractivity contribution in [2.45, 2.75) is 11.8 Å². The van der Waals surface area contributed by atoms with E-state index in [-0.39, 0.29) is 17.3 Å². The van der Waals surface area contributed by atoms with Crippen molar-refractivity contribution < 1.29 is 22.9 Å². The number of nitro benzene ring substituents is 1. The first-order chi connectivity index (χ1) is 10.8. The fraction of sp³-hybridized carbons (Fsp3) is 0.154. The molecule has 0 atom stereocenters. The zero-order chi connectivity index (χ0) is 17.2. The molecular formula is C13H11ClN2O6S. The minimum atomic E-state index is -4.37. The molecule has 1 aromatic heterocycles. The van der Waals surface area contributed by atoms with Gasteiger partial charge < -0.3 is 4.74 Å². The lowest BCUT2D eigenvalue weighted by atomic mass is 10.3. The van der Waals surface area contributed by atoms with Crippen molar-refractivity contribution in [3.05, 3.63) is 57.4 Å². The average Bonchev–Trinajstić information content (AvgIpc) is 2.97. The second-order valence-corrected chi connectivity index (χ2v) is 6.50. The number of carbonyl (C=O) groups excluding carboxylic acids is 1. The molecule has 2 rings (SSSR count). The number of halogens is 1. The van der Waals surface area contributed by atoms with Gasteiger partial charge in [-0.05, 0) is 31.2 Å². The van der Waals surface area contributed by atoms with Gasteiger partial charge in [0, 0.05) is 17.3 Å². The first-order valence-corrected chi connectivity index (χ1v) is 8.15. The van der Waals surface area contributed by atoms with Crippen molar-refractivity contribution in [1.29, 1.82) is 0 Å². The summed E-state index contributed by atoms with van der Waals surface area (Å²) in [6.07, 6.45) is 1.11. The molecule has 0 fully saturated rings. The molecule has 0 spiro atoms. The van der Waals surface area contributed by atoms with Gasteiger partial charge in [0.05, 0.1) is 11.5 Å². The quantitative estimate of drug-likeness (QED) is 0.461. The van der Waals surface area contributed by atoms with Crippen LogP contribution in [0.1, 0.15) is 17.4 Å². The molecule has 0 amide bonds. The van der Waals surface area contributed by atoms with Crippen LogP contribution in [0.15, 0.2) is 41.4 Å². The first kappa shape index (κ1) is 17.0. The molecule has 2 aromatic rings. The predicted octanol–water partition coefficient (Wildman–Crippen LogP) is 2.46. The van der Waals surface area contributed by atoms with Gasteiger partial charge in [-0.25, -0.2) is 17.2 Å². The number of carbonyl (C=O) groups is 1. The minimum absolute atomic E-state index is 0.0220. The Morgan fingerprint density at radius 1 is 1.39 bits per heavy atom. The molecule has 0 saturated heterocycles. The zero-order valence-corrected chi connectivity index (χ0v) is 13.4. The summed E-state index contributed by atoms with van der Waals surface area (Å²) in [5.74, 6) is -0.849. The fourth-order valence-electron chi connectivity index (χ4n) is 1.90. The van der Waals surface area contributed by atoms with E-state index < -0.39 is 31.5 Å². The van der Waals surface area contributed by atoms with Crippen LogP contribution in [0.25, 0.3) is 0 Å². The van der Waals surface area contributed by atoms with E-state index in [0.29, 0.717) is 3.97 Å². The maximum absolute atomic E-state index is 12.7. The van der Waals surface area contributed by atoms with E-state index in [1.807, 2.05) is 0 Å². The molecular weight excluding hydrogens is 348 g/mol. The second kappa shape index (κ2) is 6.39. The summed E-state index contributed by atoms with van der Waals surface area (Å²) in [4.78, 5) is 21.5. The summed E-state index contributed by atoms with van der Waals surface area (Å²) < 4.78 is 30.8. The molecule has 122 valence electrons. The van der Waals surface area contributed by atoms with Crippen LogP contribution in [-0.2, 0) is 14.8 Å². The molecule has 1 heterocycles. The van der Waals surface area contributed by atoms with Crippen molar-refractivity contribution in [2.24, 2.45) is 0 Å². The van der Waals surface area contributed by atoms with E-state index >= 15 is 0 Å². The highest BCUT2D eigenvalue weighted by molar-refractivity contribution is 7.90. The number of nitrogens with zero attached hydrogens (tertiary/aromatic N) is 2. The molecule has 0 aliphatic heterocycles. The van der Waals surface area contributed by atoms with Gasteiger partial charge in [0.25, 0.3) is 15.7 Å². The van der Waals surface area contributed by atoms with Crippen LogP contribution < -0.4 is 0 Å². The molecule has 0 saturated carbocycles. The Labute approximate surface area is 136 Å². The molecule has 0 unspecified atom stereocenters. The van der Waals surface area contributed by atoms with Crippen molar-refractivity contribution in [1.82, 2.24) is 3.97 Å². The van der Waals surface area contributed by atoms with Crippen molar-refractivity contribution in [3.8, 4) is 0 Å². The monoisotopic (exact) mass is 358 g/mol. The summed E-state index contributed by atoms with van der Waals surface area (Å²) in [6, 6.07) is 5.74. The fourth-order valence-corrected chi connectivity index (χ4v) is 3.54. The standard InChI is InChI=1S/C13H11ClN2O6S/c1-2-22-13(17)10-4-3-7-15(10)23(20,21)12-6-5-9(14)8-11(12)16(18)19/h3-8H,2H2,1H3. The number of hydrogen-bond donors (Lipinski definition) is 0. The Morgan fingerprint density at radius 3 is 2.70 bits per heavy atom. The number of rotatable bonds is 5. The molecule has 0 N–H and O–H groups in total. The first-order valence-electron chi connectivity index (χ1n) is 6.33. The zero-order valence-electron chi connectivity index (χ0n) is 11.8. The van der Waals surface area contributed by atoms with Gasteiger partial charge in [-0.2, -0.15) is 0 Å². The van der Waals surface area contributed by atoms with Gasteiger partial charge >= 0.3 is 5.97 Å². The molecule has 0 aliphatic carbocycles. The molecule has 10 heteroatoms. The van der Waals surface area contributed by atoms with Gasteiger partial charge in [-0.1, -0.05) is 11.6 Å². The summed E-state index contributed by atoms with van der Waals surface area (Å²) in [7, 11) is -4.37. The van der Waals surface area contributed by atoms with Gasteiger partial charge in [0.1, 0.15) is 5.69 Å². The number of esters is 1. The maximum Gasteiger partial charge on any atom is 0.355 e. The van der Waals surface area contributed by atoms with Gasteiger partial charge in [0.2, 0.25) is 0 Å². The van der Waals surface area contributed by atoms with E-state index in [1.165, 1.54) is 18.2 Å². The minimum Gasteiger partial charge on any atom is -0.461 e. The summed E-state index contributed by atoms with van der Waals surface area (Å²) >= 11 is 5.68. The lowest BCUT2D eigenvalue weighted by Gasteiger charge is -2.10. The van der Waals surface area contributed by atoms with E-state index in [4.69, 9.17) is 16.3 Å². The normalized spacial score (nSPS) is 11.2. The second-order valence-electron chi connectivity index (χ2n) is 4.28. The summed E-state index contributed by atoms with van der Waals surface area (Å²) in [5, 5.41) is 11.1. The van der Waals surface area contributed by atoms with Crippen molar-refractivity contribution in [3.63, 3.8) is 0 Å². The van der Waals surface area contributed by atoms with Crippen molar-refractivity contribution in [2.75, 3.05) is 6.61 Å². The van der Waals surface area contributed by atoms with E-state index in [2.05, 4.69) is 0 Å². The lowest BCUT2D eigenvalue weighted by Crippen LogP contribution is -2.20. The highest BCUT2D eigenvalue weighted by Crippen LogP contribution is 2.29. The number of nitro groups is 1. The highest BCUT2D eigenvalue weighted by Gasteiger charge is 2.30. The average molecular weight is 359 g/mol. The Bertz CT molecular complexity index is 874. The third-order valence-corrected chi connectivity index (χ3v) is 4.82. The summed E-state index contributed by atoms with van der Waals surface area (Å²) in [5.41, 5.74) is -0.933. The molecule has 0 aliphatic rings. The Balaban J connectivity index is 2.64. The Morgan fingerprint density at radius 2 is 2.09 bits per heavy atom. The molecule has 0 bridgehead atoms. The van der Waals surface area contributed by atoms with Crippen LogP contribution >= 0.6 is 11.6 Å². The van der Waals surface area contributed by atoms with Crippen LogP contribution in [0.2, 0.25) is 5.02 Å². The predicted molar refractivity (Wildman–Crippen MR) is 81.1 cm³/mol. The molecule has 1 aromatic carbocycles. The van der Waals surface area contributed by atoms with Crippen LogP contribution in [-0.4, -0.2) is 29.9 Å². The smallest absolute Gasteiger partial charge is 0.355 e. The largest absolute Gasteiger partial charge is 0.461 e. The number of hydrogen-bond acceptors (Lipinski definition) is 6. The molecule has 0 radical (unpaired) electrons. The van der Waals surface area contributed by atoms with Gasteiger partial charge in [-0.15, -0.1) is 0 Å². The number of aromatic nitrogens is 1. The van der Waals surface area contributed by atoms with Crippen molar-refractivity contribution >= 4 is 33.3 Å². The number of ether oxygens (including phenoxy) is 1. The topological polar surface area (TPSA) is 109 Å². The Hall–Kier alpha value is -2.39. The van der Waals surface area contributed by atoms with E-state index in [0.717, 1.165) is 18.3 Å². The van der Waals surface area contributed by atoms with Gasteiger partial charge in [-0.3, -0.25) is 10.1 Å². The Kier molecular flexibility index (Phi) is 4.71. The van der Waals surface area contributed by atoms with Crippen LogP contribution in [0, 0.1) is 10.1 Å². The third kappa shape index (κ3) is 3.20. The van der Waals surface area contributed by atoms with Crippen LogP contribution in [0.5, 0.6) is 0 Å². The van der Waals surface area contributed by atoms with Crippen LogP contribution in [0.3, 0.4) is 0 Å².